The predicted molar refractivity (Wildman–Crippen MR) is 101 cm³/mol. The third-order valence-corrected chi connectivity index (χ3v) is 5.55. The lowest BCUT2D eigenvalue weighted by molar-refractivity contribution is -0.138. The average Bonchev–Trinajstić information content (AvgIpc) is 3.24. The summed E-state index contributed by atoms with van der Waals surface area (Å²) in [6, 6.07) is 6.63. The van der Waals surface area contributed by atoms with Gasteiger partial charge in [0.25, 0.3) is 0 Å². The van der Waals surface area contributed by atoms with E-state index in [1.807, 2.05) is 0 Å². The Hall–Kier alpha value is -2.76. The topological polar surface area (TPSA) is 156 Å². The maximum Gasteiger partial charge on any atom is 0.243 e. The van der Waals surface area contributed by atoms with Crippen molar-refractivity contribution < 1.29 is 27.6 Å². The number of aliphatic hydroxyl groups is 1. The van der Waals surface area contributed by atoms with E-state index >= 15 is 0 Å². The molecule has 0 aliphatic carbocycles. The summed E-state index contributed by atoms with van der Waals surface area (Å²) in [6.45, 7) is 1.94. The first-order chi connectivity index (χ1) is 13.6. The number of hydrogen-bond acceptors (Lipinski definition) is 7. The zero-order chi connectivity index (χ0) is 21.2. The largest absolute Gasteiger partial charge is 0.391 e. The molecule has 4 N–H and O–H groups in total. The van der Waals surface area contributed by atoms with Crippen molar-refractivity contribution in [1.82, 2.24) is 15.4 Å². The Kier molecular flexibility index (Phi) is 6.01. The fourth-order valence-corrected chi connectivity index (χ4v) is 3.71. The monoisotopic (exact) mass is 422 g/mol. The molecule has 0 bridgehead atoms. The molecule has 2 unspecified atom stereocenters. The molecule has 1 aromatic heterocycles. The van der Waals surface area contributed by atoms with E-state index in [0.29, 0.717) is 17.0 Å². The van der Waals surface area contributed by atoms with Crippen molar-refractivity contribution in [3.05, 3.63) is 47.3 Å². The van der Waals surface area contributed by atoms with Crippen LogP contribution in [-0.2, 0) is 32.6 Å². The van der Waals surface area contributed by atoms with Gasteiger partial charge in [-0.15, -0.1) is 0 Å². The number of nitrogens with two attached hydrogens (primary N) is 1. The maximum absolute atomic E-state index is 12.6. The Balaban J connectivity index is 1.61. The Labute approximate surface area is 167 Å². The predicted octanol–water partition coefficient (Wildman–Crippen LogP) is -0.549. The van der Waals surface area contributed by atoms with Crippen molar-refractivity contribution in [3.8, 4) is 0 Å². The van der Waals surface area contributed by atoms with Crippen molar-refractivity contribution in [1.29, 1.82) is 0 Å². The third-order valence-electron chi connectivity index (χ3n) is 4.62. The van der Waals surface area contributed by atoms with Gasteiger partial charge in [-0.2, -0.15) is 0 Å². The molecule has 3 rings (SSSR count). The number of carbonyl (C=O) groups excluding carboxylic acids is 2. The third kappa shape index (κ3) is 5.19. The van der Waals surface area contributed by atoms with Gasteiger partial charge in [0.05, 0.1) is 23.1 Å². The van der Waals surface area contributed by atoms with Crippen LogP contribution in [-0.4, -0.2) is 54.1 Å². The van der Waals surface area contributed by atoms with Crippen LogP contribution in [0.3, 0.4) is 0 Å². The zero-order valence-electron chi connectivity index (χ0n) is 15.7. The number of nitrogens with zero attached hydrogens (tertiary/aromatic N) is 2. The number of aliphatic hydroxyl groups excluding tert-OH is 1. The number of likely N-dealkylation sites (tertiary alicyclic amines) is 1. The van der Waals surface area contributed by atoms with Crippen LogP contribution in [0.2, 0.25) is 0 Å². The van der Waals surface area contributed by atoms with E-state index in [2.05, 4.69) is 10.5 Å². The van der Waals surface area contributed by atoms with Crippen molar-refractivity contribution in [2.24, 2.45) is 5.14 Å². The molecular weight excluding hydrogens is 400 g/mol. The number of carbonyl (C=O) groups is 2. The van der Waals surface area contributed by atoms with Crippen LogP contribution in [0.15, 0.2) is 39.8 Å². The van der Waals surface area contributed by atoms with Gasteiger partial charge in [0.1, 0.15) is 11.8 Å². The highest BCUT2D eigenvalue weighted by molar-refractivity contribution is 7.89. The first-order valence-corrected chi connectivity index (χ1v) is 10.5. The molecule has 1 aromatic carbocycles. The van der Waals surface area contributed by atoms with Crippen molar-refractivity contribution in [2.45, 2.75) is 43.4 Å². The van der Waals surface area contributed by atoms with Crippen molar-refractivity contribution in [2.75, 3.05) is 6.54 Å². The second kappa shape index (κ2) is 8.31. The molecule has 2 atom stereocenters. The lowest BCUT2D eigenvalue weighted by Crippen LogP contribution is -2.46. The number of aryl methyl sites for hydroxylation is 1. The fraction of sp³-hybridized carbons (Fsp3) is 0.389. The second-order valence-electron chi connectivity index (χ2n) is 6.97. The number of sulfonamides is 1. The summed E-state index contributed by atoms with van der Waals surface area (Å²) in [7, 11) is -3.78. The smallest absolute Gasteiger partial charge is 0.243 e. The van der Waals surface area contributed by atoms with Gasteiger partial charge >= 0.3 is 0 Å². The molecular formula is C18H22N4O6S. The molecule has 2 heterocycles. The average molecular weight is 422 g/mol. The molecule has 1 saturated heterocycles. The van der Waals surface area contributed by atoms with Crippen LogP contribution in [0.25, 0.3) is 0 Å². The molecule has 29 heavy (non-hydrogen) atoms. The van der Waals surface area contributed by atoms with E-state index in [1.54, 1.807) is 25.1 Å². The minimum absolute atomic E-state index is 0.0223. The highest BCUT2D eigenvalue weighted by Gasteiger charge is 2.38. The fourth-order valence-electron chi connectivity index (χ4n) is 3.19. The molecule has 1 aliphatic heterocycles. The van der Waals surface area contributed by atoms with Crippen LogP contribution in [0.4, 0.5) is 0 Å². The molecule has 156 valence electrons. The minimum atomic E-state index is -3.78. The first-order valence-electron chi connectivity index (χ1n) is 8.92. The van der Waals surface area contributed by atoms with Crippen molar-refractivity contribution in [3.63, 3.8) is 0 Å². The Morgan fingerprint density at radius 1 is 1.34 bits per heavy atom. The van der Waals surface area contributed by atoms with E-state index in [0.717, 1.165) is 0 Å². The van der Waals surface area contributed by atoms with E-state index in [9.17, 15) is 23.1 Å². The molecule has 11 heteroatoms. The molecule has 2 aromatic rings. The number of primary sulfonamides is 1. The summed E-state index contributed by atoms with van der Waals surface area (Å²) in [5.41, 5.74) is 1.32. The molecule has 0 saturated carbocycles. The van der Waals surface area contributed by atoms with Crippen molar-refractivity contribution >= 4 is 21.8 Å². The van der Waals surface area contributed by atoms with Crippen LogP contribution in [0.1, 0.15) is 23.4 Å². The van der Waals surface area contributed by atoms with Crippen LogP contribution in [0.5, 0.6) is 0 Å². The van der Waals surface area contributed by atoms with Gasteiger partial charge in [-0.25, -0.2) is 13.6 Å². The highest BCUT2D eigenvalue weighted by Crippen LogP contribution is 2.20. The number of benzene rings is 1. The van der Waals surface area contributed by atoms with E-state index in [4.69, 9.17) is 9.66 Å². The van der Waals surface area contributed by atoms with E-state index in [1.165, 1.54) is 17.0 Å². The second-order valence-corrected chi connectivity index (χ2v) is 8.53. The summed E-state index contributed by atoms with van der Waals surface area (Å²) in [5.74, 6) is -0.350. The number of amides is 2. The zero-order valence-corrected chi connectivity index (χ0v) is 16.6. The molecule has 1 fully saturated rings. The Morgan fingerprint density at radius 2 is 2.03 bits per heavy atom. The Bertz CT molecular complexity index is 1000. The number of β-amino-alcohol motifs (C(OH)–C–C–N with tert-alkyl or cyclic N) is 1. The van der Waals surface area contributed by atoms with E-state index in [-0.39, 0.29) is 36.7 Å². The minimum Gasteiger partial charge on any atom is -0.391 e. The number of hydrogen-bond donors (Lipinski definition) is 3. The number of nitrogens with one attached hydrogen (secondary N) is 1. The van der Waals surface area contributed by atoms with E-state index < -0.39 is 28.1 Å². The standard InChI is InChI=1S/C18H22N4O6S/c1-11-6-14(28-21-11)8-17(24)22-10-13(23)7-16(22)18(25)20-9-12-2-4-15(5-3-12)29(19,26)27/h2-6,13,16,23H,7-10H2,1H3,(H,20,25)(H2,19,26,27). The highest BCUT2D eigenvalue weighted by atomic mass is 32.2. The lowest BCUT2D eigenvalue weighted by Gasteiger charge is -2.23. The summed E-state index contributed by atoms with van der Waals surface area (Å²) in [6.07, 6.45) is -0.704. The Morgan fingerprint density at radius 3 is 2.62 bits per heavy atom. The molecule has 0 spiro atoms. The normalized spacial score (nSPS) is 19.3. The van der Waals surface area contributed by atoms with Gasteiger partial charge in [0.2, 0.25) is 21.8 Å². The van der Waals surface area contributed by atoms with Gasteiger partial charge < -0.3 is 19.8 Å². The van der Waals surface area contributed by atoms with Gasteiger partial charge in [-0.1, -0.05) is 17.3 Å². The quantitative estimate of drug-likeness (QED) is 0.564. The first kappa shape index (κ1) is 21.0. The molecule has 2 amide bonds. The summed E-state index contributed by atoms with van der Waals surface area (Å²) in [4.78, 5) is 26.5. The van der Waals surface area contributed by atoms with Gasteiger partial charge in [0.15, 0.2) is 0 Å². The maximum atomic E-state index is 12.6. The molecule has 0 radical (unpaired) electrons. The van der Waals surface area contributed by atoms with Gasteiger partial charge in [0, 0.05) is 25.6 Å². The summed E-state index contributed by atoms with van der Waals surface area (Å²) < 4.78 is 27.6. The lowest BCUT2D eigenvalue weighted by atomic mass is 10.1. The number of rotatable bonds is 6. The molecule has 1 aliphatic rings. The number of aromatic nitrogens is 1. The SMILES string of the molecule is Cc1cc(CC(=O)N2CC(O)CC2C(=O)NCc2ccc(S(N)(=O)=O)cc2)on1. The summed E-state index contributed by atoms with van der Waals surface area (Å²) >= 11 is 0. The molecule has 10 nitrogen and oxygen atoms in total. The van der Waals surface area contributed by atoms with Crippen LogP contribution in [0, 0.1) is 6.92 Å². The van der Waals surface area contributed by atoms with Crippen LogP contribution < -0.4 is 10.5 Å². The van der Waals surface area contributed by atoms with Gasteiger partial charge in [-0.05, 0) is 24.6 Å². The van der Waals surface area contributed by atoms with Crippen LogP contribution >= 0.6 is 0 Å². The van der Waals surface area contributed by atoms with Gasteiger partial charge in [-0.3, -0.25) is 9.59 Å². The summed E-state index contributed by atoms with van der Waals surface area (Å²) in [5, 5.41) is 21.4.